The molecule has 1 heterocycles. The van der Waals surface area contributed by atoms with Crippen molar-refractivity contribution in [2.24, 2.45) is 0 Å². The maximum absolute atomic E-state index is 12.0. The largest absolute Gasteiger partial charge is 0.383 e. The zero-order valence-corrected chi connectivity index (χ0v) is 9.97. The van der Waals surface area contributed by atoms with Crippen molar-refractivity contribution < 1.29 is 8.42 Å². The van der Waals surface area contributed by atoms with Gasteiger partial charge in [0.1, 0.15) is 10.7 Å². The zero-order valence-electron chi connectivity index (χ0n) is 9.16. The molecule has 1 aliphatic rings. The molecule has 0 aromatic carbocycles. The molecule has 90 valence electrons. The molecular formula is C9H16N4O2S. The Morgan fingerprint density at radius 3 is 2.62 bits per heavy atom. The van der Waals surface area contributed by atoms with Crippen LogP contribution in [0.25, 0.3) is 0 Å². The van der Waals surface area contributed by atoms with Crippen LogP contribution in [-0.2, 0) is 10.0 Å². The van der Waals surface area contributed by atoms with Gasteiger partial charge in [-0.3, -0.25) is 5.10 Å². The van der Waals surface area contributed by atoms with Gasteiger partial charge in [-0.25, -0.2) is 13.1 Å². The fraction of sp³-hybridized carbons (Fsp3) is 0.667. The van der Waals surface area contributed by atoms with Crippen molar-refractivity contribution in [2.45, 2.75) is 43.0 Å². The molecule has 1 aliphatic carbocycles. The molecule has 0 spiro atoms. The lowest BCUT2D eigenvalue weighted by atomic mass is 10.0. The summed E-state index contributed by atoms with van der Waals surface area (Å²) >= 11 is 0. The summed E-state index contributed by atoms with van der Waals surface area (Å²) in [6.45, 7) is 1.92. The van der Waals surface area contributed by atoms with Gasteiger partial charge in [0.2, 0.25) is 10.0 Å². The Kier molecular flexibility index (Phi) is 2.67. The Bertz CT molecular complexity index is 473. The molecule has 1 fully saturated rings. The number of nitrogens with two attached hydrogens (primary N) is 1. The van der Waals surface area contributed by atoms with Gasteiger partial charge in [-0.05, 0) is 19.8 Å². The predicted octanol–water partition coefficient (Wildman–Crippen LogP) is 0.603. The third-order valence-corrected chi connectivity index (χ3v) is 4.68. The minimum Gasteiger partial charge on any atom is -0.383 e. The van der Waals surface area contributed by atoms with E-state index in [0.29, 0.717) is 0 Å². The van der Waals surface area contributed by atoms with Gasteiger partial charge in [0.05, 0.1) is 6.20 Å². The summed E-state index contributed by atoms with van der Waals surface area (Å²) in [7, 11) is -3.56. The molecule has 1 aromatic heterocycles. The Labute approximate surface area is 94.7 Å². The molecule has 1 saturated carbocycles. The number of hydrogen-bond acceptors (Lipinski definition) is 4. The van der Waals surface area contributed by atoms with Crippen LogP contribution in [0.5, 0.6) is 0 Å². The first-order valence-corrected chi connectivity index (χ1v) is 6.74. The maximum Gasteiger partial charge on any atom is 0.246 e. The van der Waals surface area contributed by atoms with Crippen LogP contribution in [0.4, 0.5) is 5.82 Å². The van der Waals surface area contributed by atoms with Crippen LogP contribution in [-0.4, -0.2) is 24.2 Å². The second-order valence-electron chi connectivity index (χ2n) is 4.52. The number of rotatable bonds is 3. The Hall–Kier alpha value is -1.08. The molecule has 7 heteroatoms. The fourth-order valence-electron chi connectivity index (χ4n) is 2.14. The molecule has 0 amide bonds. The SMILES string of the molecule is CC1(NS(=O)(=O)c2cn[nH]c2N)CCCC1. The number of aromatic nitrogens is 2. The van der Waals surface area contributed by atoms with Crippen molar-refractivity contribution in [2.75, 3.05) is 5.73 Å². The molecule has 0 radical (unpaired) electrons. The third-order valence-electron chi connectivity index (χ3n) is 3.01. The first-order chi connectivity index (χ1) is 7.43. The van der Waals surface area contributed by atoms with Crippen LogP contribution in [0.1, 0.15) is 32.6 Å². The monoisotopic (exact) mass is 244 g/mol. The van der Waals surface area contributed by atoms with Crippen molar-refractivity contribution in [1.29, 1.82) is 0 Å². The summed E-state index contributed by atoms with van der Waals surface area (Å²) in [5.41, 5.74) is 5.16. The molecule has 0 unspecified atom stereocenters. The van der Waals surface area contributed by atoms with Crippen molar-refractivity contribution in [3.05, 3.63) is 6.20 Å². The number of H-pyrrole nitrogens is 1. The average Bonchev–Trinajstić information content (AvgIpc) is 2.73. The van der Waals surface area contributed by atoms with Crippen molar-refractivity contribution in [3.8, 4) is 0 Å². The standard InChI is InChI=1S/C9H16N4O2S/c1-9(4-2-3-5-9)13-16(14,15)7-6-11-12-8(7)10/h6,13H,2-5H2,1H3,(H3,10,11,12). The zero-order chi connectivity index (χ0) is 11.8. The van der Waals surface area contributed by atoms with Gasteiger partial charge in [0.25, 0.3) is 0 Å². The lowest BCUT2D eigenvalue weighted by Gasteiger charge is -2.24. The van der Waals surface area contributed by atoms with Crippen LogP contribution in [0.3, 0.4) is 0 Å². The minimum atomic E-state index is -3.56. The van der Waals surface area contributed by atoms with Gasteiger partial charge in [-0.1, -0.05) is 12.8 Å². The van der Waals surface area contributed by atoms with Crippen molar-refractivity contribution in [3.63, 3.8) is 0 Å². The number of aromatic amines is 1. The molecule has 16 heavy (non-hydrogen) atoms. The number of hydrogen-bond donors (Lipinski definition) is 3. The summed E-state index contributed by atoms with van der Waals surface area (Å²) in [6.07, 6.45) is 5.07. The first kappa shape index (κ1) is 11.4. The Morgan fingerprint density at radius 2 is 2.12 bits per heavy atom. The summed E-state index contributed by atoms with van der Waals surface area (Å²) in [6, 6.07) is 0. The number of nitrogen functional groups attached to an aromatic ring is 1. The van der Waals surface area contributed by atoms with E-state index < -0.39 is 10.0 Å². The number of sulfonamides is 1. The van der Waals surface area contributed by atoms with E-state index in [1.807, 2.05) is 6.92 Å². The summed E-state index contributed by atoms with van der Waals surface area (Å²) < 4.78 is 26.8. The van der Waals surface area contributed by atoms with Crippen LogP contribution in [0.15, 0.2) is 11.1 Å². The van der Waals surface area contributed by atoms with E-state index in [9.17, 15) is 8.42 Å². The topological polar surface area (TPSA) is 101 Å². The van der Waals surface area contributed by atoms with Gasteiger partial charge in [-0.2, -0.15) is 5.10 Å². The third kappa shape index (κ3) is 2.05. The summed E-state index contributed by atoms with van der Waals surface area (Å²) in [5.74, 6) is 0.0779. The van der Waals surface area contributed by atoms with Gasteiger partial charge < -0.3 is 5.73 Å². The van der Waals surface area contributed by atoms with Gasteiger partial charge in [0.15, 0.2) is 0 Å². The van der Waals surface area contributed by atoms with Crippen molar-refractivity contribution in [1.82, 2.24) is 14.9 Å². The lowest BCUT2D eigenvalue weighted by Crippen LogP contribution is -2.43. The van der Waals surface area contributed by atoms with E-state index in [2.05, 4.69) is 14.9 Å². The van der Waals surface area contributed by atoms with Gasteiger partial charge in [0, 0.05) is 5.54 Å². The van der Waals surface area contributed by atoms with E-state index in [-0.39, 0.29) is 16.3 Å². The van der Waals surface area contributed by atoms with E-state index in [1.54, 1.807) is 0 Å². The molecule has 6 nitrogen and oxygen atoms in total. The molecular weight excluding hydrogens is 228 g/mol. The van der Waals surface area contributed by atoms with Crippen LogP contribution in [0, 0.1) is 0 Å². The van der Waals surface area contributed by atoms with E-state index in [4.69, 9.17) is 5.73 Å². The summed E-state index contributed by atoms with van der Waals surface area (Å²) in [4.78, 5) is 0.0284. The highest BCUT2D eigenvalue weighted by molar-refractivity contribution is 7.89. The normalized spacial score (nSPS) is 20.1. The lowest BCUT2D eigenvalue weighted by molar-refractivity contribution is 0.427. The number of anilines is 1. The van der Waals surface area contributed by atoms with E-state index >= 15 is 0 Å². The van der Waals surface area contributed by atoms with Crippen LogP contribution in [0.2, 0.25) is 0 Å². The van der Waals surface area contributed by atoms with Gasteiger partial charge in [-0.15, -0.1) is 0 Å². The molecule has 0 saturated heterocycles. The highest BCUT2D eigenvalue weighted by atomic mass is 32.2. The second-order valence-corrected chi connectivity index (χ2v) is 6.17. The first-order valence-electron chi connectivity index (χ1n) is 5.26. The predicted molar refractivity (Wildman–Crippen MR) is 60.2 cm³/mol. The highest BCUT2D eigenvalue weighted by Crippen LogP contribution is 2.31. The number of nitrogens with one attached hydrogen (secondary N) is 2. The van der Waals surface area contributed by atoms with Crippen molar-refractivity contribution >= 4 is 15.8 Å². The van der Waals surface area contributed by atoms with Gasteiger partial charge >= 0.3 is 0 Å². The quantitative estimate of drug-likeness (QED) is 0.724. The molecule has 4 N–H and O–H groups in total. The number of nitrogens with zero attached hydrogens (tertiary/aromatic N) is 1. The summed E-state index contributed by atoms with van der Waals surface area (Å²) in [5, 5.41) is 6.04. The molecule has 0 bridgehead atoms. The van der Waals surface area contributed by atoms with E-state index in [0.717, 1.165) is 25.7 Å². The smallest absolute Gasteiger partial charge is 0.246 e. The molecule has 0 atom stereocenters. The average molecular weight is 244 g/mol. The van der Waals surface area contributed by atoms with Crippen LogP contribution >= 0.6 is 0 Å². The van der Waals surface area contributed by atoms with E-state index in [1.165, 1.54) is 6.20 Å². The Balaban J connectivity index is 2.24. The Morgan fingerprint density at radius 1 is 1.50 bits per heavy atom. The maximum atomic E-state index is 12.0. The molecule has 2 rings (SSSR count). The molecule has 0 aliphatic heterocycles. The minimum absolute atomic E-state index is 0.0284. The fourth-order valence-corrected chi connectivity index (χ4v) is 3.63. The highest BCUT2D eigenvalue weighted by Gasteiger charge is 2.34. The molecule has 1 aromatic rings. The second kappa shape index (κ2) is 3.74. The van der Waals surface area contributed by atoms with Crippen LogP contribution < -0.4 is 10.5 Å².